The zero-order valence-corrected chi connectivity index (χ0v) is 8.71. The molecule has 6 heteroatoms. The van der Waals surface area contributed by atoms with Gasteiger partial charge in [0.05, 0.1) is 13.7 Å². The Balaban J connectivity index is 2.66. The number of aliphatic hydroxyl groups excluding tert-OH is 1. The third-order valence-corrected chi connectivity index (χ3v) is 1.92. The van der Waals surface area contributed by atoms with Crippen molar-refractivity contribution in [3.63, 3.8) is 0 Å². The van der Waals surface area contributed by atoms with E-state index < -0.39 is 24.5 Å². The van der Waals surface area contributed by atoms with E-state index in [2.05, 4.69) is 15.0 Å². The van der Waals surface area contributed by atoms with E-state index in [0.29, 0.717) is 5.56 Å². The zero-order valence-electron chi connectivity index (χ0n) is 8.71. The lowest BCUT2D eigenvalue weighted by Crippen LogP contribution is -2.44. The molecule has 2 N–H and O–H groups in total. The molecule has 6 nitrogen and oxygen atoms in total. The van der Waals surface area contributed by atoms with Gasteiger partial charge in [-0.05, 0) is 12.1 Å². The lowest BCUT2D eigenvalue weighted by Gasteiger charge is -2.13. The van der Waals surface area contributed by atoms with Crippen LogP contribution in [-0.2, 0) is 9.53 Å². The van der Waals surface area contributed by atoms with Crippen LogP contribution in [0.4, 0.5) is 0 Å². The predicted molar refractivity (Wildman–Crippen MR) is 54.6 cm³/mol. The number of aromatic nitrogens is 1. The summed E-state index contributed by atoms with van der Waals surface area (Å²) in [4.78, 5) is 26.4. The molecule has 86 valence electrons. The second kappa shape index (κ2) is 5.82. The maximum Gasteiger partial charge on any atom is 0.330 e. The van der Waals surface area contributed by atoms with Crippen molar-refractivity contribution >= 4 is 11.9 Å². The van der Waals surface area contributed by atoms with Crippen molar-refractivity contribution in [2.24, 2.45) is 0 Å². The zero-order chi connectivity index (χ0) is 12.0. The number of carbonyl (C=O) groups is 2. The van der Waals surface area contributed by atoms with Gasteiger partial charge in [-0.2, -0.15) is 0 Å². The lowest BCUT2D eigenvalue weighted by molar-refractivity contribution is -0.143. The van der Waals surface area contributed by atoms with Crippen LogP contribution < -0.4 is 5.32 Å². The van der Waals surface area contributed by atoms with Crippen LogP contribution in [0.15, 0.2) is 24.5 Å². The second-order valence-corrected chi connectivity index (χ2v) is 2.97. The highest BCUT2D eigenvalue weighted by molar-refractivity contribution is 5.96. The van der Waals surface area contributed by atoms with E-state index in [-0.39, 0.29) is 0 Å². The van der Waals surface area contributed by atoms with Gasteiger partial charge < -0.3 is 15.2 Å². The standard InChI is InChI=1S/C10H12N2O4/c1-16-10(15)8(6-13)12-9(14)7-2-4-11-5-3-7/h2-5,8,13H,6H2,1H3,(H,12,14)/t8-/m0/s1. The van der Waals surface area contributed by atoms with E-state index in [0.717, 1.165) is 0 Å². The highest BCUT2D eigenvalue weighted by Crippen LogP contribution is 1.97. The molecule has 0 aliphatic rings. The average Bonchev–Trinajstić information content (AvgIpc) is 2.35. The van der Waals surface area contributed by atoms with Gasteiger partial charge in [0.15, 0.2) is 6.04 Å². The third kappa shape index (κ3) is 3.03. The van der Waals surface area contributed by atoms with E-state index in [1.165, 1.54) is 31.6 Å². The molecular weight excluding hydrogens is 212 g/mol. The number of carbonyl (C=O) groups excluding carboxylic acids is 2. The molecule has 16 heavy (non-hydrogen) atoms. The number of hydrogen-bond acceptors (Lipinski definition) is 5. The molecule has 1 rings (SSSR count). The van der Waals surface area contributed by atoms with Crippen molar-refractivity contribution in [1.82, 2.24) is 10.3 Å². The van der Waals surface area contributed by atoms with Crippen LogP contribution in [0, 0.1) is 0 Å². The van der Waals surface area contributed by atoms with Gasteiger partial charge in [0.1, 0.15) is 0 Å². The molecule has 0 saturated heterocycles. The Bertz CT molecular complexity index is 366. The Morgan fingerprint density at radius 1 is 1.50 bits per heavy atom. The van der Waals surface area contributed by atoms with Crippen LogP contribution in [0.25, 0.3) is 0 Å². The predicted octanol–water partition coefficient (Wildman–Crippen LogP) is -0.655. The van der Waals surface area contributed by atoms with E-state index in [4.69, 9.17) is 5.11 Å². The van der Waals surface area contributed by atoms with Crippen LogP contribution in [0.5, 0.6) is 0 Å². The Kier molecular flexibility index (Phi) is 4.41. The molecule has 0 aliphatic heterocycles. The minimum atomic E-state index is -1.05. The Hall–Kier alpha value is -1.95. The molecule has 0 unspecified atom stereocenters. The number of aliphatic hydroxyl groups is 1. The fraction of sp³-hybridized carbons (Fsp3) is 0.300. The van der Waals surface area contributed by atoms with E-state index >= 15 is 0 Å². The molecule has 1 amide bonds. The Morgan fingerprint density at radius 2 is 2.12 bits per heavy atom. The highest BCUT2D eigenvalue weighted by Gasteiger charge is 2.20. The molecule has 0 saturated carbocycles. The van der Waals surface area contributed by atoms with Crippen LogP contribution in [-0.4, -0.2) is 41.7 Å². The number of pyridine rings is 1. The van der Waals surface area contributed by atoms with Crippen LogP contribution >= 0.6 is 0 Å². The van der Waals surface area contributed by atoms with Crippen molar-refractivity contribution < 1.29 is 19.4 Å². The molecule has 1 aromatic heterocycles. The quantitative estimate of drug-likeness (QED) is 0.663. The van der Waals surface area contributed by atoms with Gasteiger partial charge in [-0.25, -0.2) is 4.79 Å². The van der Waals surface area contributed by atoms with Gasteiger partial charge in [0, 0.05) is 18.0 Å². The highest BCUT2D eigenvalue weighted by atomic mass is 16.5. The molecule has 0 aromatic carbocycles. The number of methoxy groups -OCH3 is 1. The fourth-order valence-electron chi connectivity index (χ4n) is 1.07. The number of nitrogens with one attached hydrogen (secondary N) is 1. The Labute approximate surface area is 92.3 Å². The van der Waals surface area contributed by atoms with Crippen molar-refractivity contribution in [2.45, 2.75) is 6.04 Å². The summed E-state index contributed by atoms with van der Waals surface area (Å²) < 4.78 is 4.41. The summed E-state index contributed by atoms with van der Waals surface area (Å²) in [5.74, 6) is -1.16. The average molecular weight is 224 g/mol. The van der Waals surface area contributed by atoms with E-state index in [1.54, 1.807) is 0 Å². The van der Waals surface area contributed by atoms with Crippen molar-refractivity contribution in [2.75, 3.05) is 13.7 Å². The number of esters is 1. The summed E-state index contributed by atoms with van der Waals surface area (Å²) >= 11 is 0. The molecule has 0 spiro atoms. The first kappa shape index (κ1) is 12.1. The van der Waals surface area contributed by atoms with Crippen molar-refractivity contribution in [3.8, 4) is 0 Å². The second-order valence-electron chi connectivity index (χ2n) is 2.97. The molecule has 1 heterocycles. The number of ether oxygens (including phenoxy) is 1. The molecule has 1 atom stereocenters. The maximum atomic E-state index is 11.6. The van der Waals surface area contributed by atoms with Gasteiger partial charge in [-0.15, -0.1) is 0 Å². The monoisotopic (exact) mass is 224 g/mol. The largest absolute Gasteiger partial charge is 0.467 e. The molecular formula is C10H12N2O4. The van der Waals surface area contributed by atoms with Crippen molar-refractivity contribution in [3.05, 3.63) is 30.1 Å². The van der Waals surface area contributed by atoms with Crippen molar-refractivity contribution in [1.29, 1.82) is 0 Å². The first-order valence-corrected chi connectivity index (χ1v) is 4.58. The molecule has 0 aliphatic carbocycles. The summed E-state index contributed by atoms with van der Waals surface area (Å²) in [5.41, 5.74) is 0.359. The molecule has 0 fully saturated rings. The molecule has 0 radical (unpaired) electrons. The van der Waals surface area contributed by atoms with Gasteiger partial charge in [-0.1, -0.05) is 0 Å². The summed E-state index contributed by atoms with van der Waals surface area (Å²) in [6.07, 6.45) is 2.92. The fourth-order valence-corrected chi connectivity index (χ4v) is 1.07. The number of rotatable bonds is 4. The third-order valence-electron chi connectivity index (χ3n) is 1.92. The minimum absolute atomic E-state index is 0.359. The normalized spacial score (nSPS) is 11.6. The Morgan fingerprint density at radius 3 is 2.62 bits per heavy atom. The minimum Gasteiger partial charge on any atom is -0.467 e. The number of amides is 1. The first-order chi connectivity index (χ1) is 7.69. The lowest BCUT2D eigenvalue weighted by atomic mass is 10.2. The topological polar surface area (TPSA) is 88.5 Å². The summed E-state index contributed by atoms with van der Waals surface area (Å²) in [6.45, 7) is -0.510. The number of hydrogen-bond donors (Lipinski definition) is 2. The van der Waals surface area contributed by atoms with E-state index in [9.17, 15) is 9.59 Å². The summed E-state index contributed by atoms with van der Waals surface area (Å²) in [5, 5.41) is 11.2. The van der Waals surface area contributed by atoms with Gasteiger partial charge in [-0.3, -0.25) is 9.78 Å². The van der Waals surface area contributed by atoms with Crippen LogP contribution in [0.2, 0.25) is 0 Å². The summed E-state index contributed by atoms with van der Waals surface area (Å²) in [6, 6.07) is 1.95. The number of nitrogens with zero attached hydrogens (tertiary/aromatic N) is 1. The first-order valence-electron chi connectivity index (χ1n) is 4.58. The smallest absolute Gasteiger partial charge is 0.330 e. The van der Waals surface area contributed by atoms with Gasteiger partial charge in [0.2, 0.25) is 0 Å². The van der Waals surface area contributed by atoms with Gasteiger partial charge in [0.25, 0.3) is 5.91 Å². The summed E-state index contributed by atoms with van der Waals surface area (Å²) in [7, 11) is 1.18. The van der Waals surface area contributed by atoms with Crippen LogP contribution in [0.3, 0.4) is 0 Å². The van der Waals surface area contributed by atoms with Gasteiger partial charge >= 0.3 is 5.97 Å². The SMILES string of the molecule is COC(=O)[C@H](CO)NC(=O)c1ccncc1. The van der Waals surface area contributed by atoms with E-state index in [1.807, 2.05) is 0 Å². The molecule has 0 bridgehead atoms. The maximum absolute atomic E-state index is 11.6. The van der Waals surface area contributed by atoms with Crippen LogP contribution in [0.1, 0.15) is 10.4 Å². The molecule has 1 aromatic rings.